The molecule has 2 aromatic rings. The number of esters is 1. The van der Waals surface area contributed by atoms with Gasteiger partial charge in [0.2, 0.25) is 0 Å². The van der Waals surface area contributed by atoms with Crippen LogP contribution in [0, 0.1) is 11.3 Å². The van der Waals surface area contributed by atoms with Crippen LogP contribution in [0.25, 0.3) is 0 Å². The second-order valence-electron chi connectivity index (χ2n) is 5.56. The van der Waals surface area contributed by atoms with Crippen molar-refractivity contribution in [3.8, 4) is 23.3 Å². The van der Waals surface area contributed by atoms with Crippen LogP contribution in [-0.2, 0) is 16.0 Å². The van der Waals surface area contributed by atoms with Gasteiger partial charge in [0.1, 0.15) is 11.3 Å². The minimum atomic E-state index is -0.739. The maximum Gasteiger partial charge on any atom is 0.342 e. The predicted molar refractivity (Wildman–Crippen MR) is 101 cm³/mol. The number of rotatable bonds is 8. The van der Waals surface area contributed by atoms with Crippen molar-refractivity contribution in [2.45, 2.75) is 6.42 Å². The van der Waals surface area contributed by atoms with Gasteiger partial charge in [0.15, 0.2) is 18.1 Å². The Bertz CT molecular complexity index is 887. The molecule has 0 aliphatic carbocycles. The first-order valence-corrected chi connectivity index (χ1v) is 8.25. The highest BCUT2D eigenvalue weighted by Crippen LogP contribution is 2.34. The van der Waals surface area contributed by atoms with E-state index < -0.39 is 18.5 Å². The van der Waals surface area contributed by atoms with Gasteiger partial charge >= 0.3 is 5.97 Å². The molecule has 8 heteroatoms. The number of benzene rings is 2. The molecule has 0 unspecified atom stereocenters. The van der Waals surface area contributed by atoms with E-state index in [9.17, 15) is 9.59 Å². The molecule has 1 N–H and O–H groups in total. The lowest BCUT2D eigenvalue weighted by Gasteiger charge is -2.13. The van der Waals surface area contributed by atoms with Crippen molar-refractivity contribution >= 4 is 17.6 Å². The summed E-state index contributed by atoms with van der Waals surface area (Å²) in [5.74, 6) is -0.278. The molecule has 1 amide bonds. The Labute approximate surface area is 162 Å². The number of anilines is 1. The number of ether oxygens (including phenoxy) is 4. The number of nitrogens with one attached hydrogen (secondary N) is 1. The van der Waals surface area contributed by atoms with Crippen LogP contribution < -0.4 is 19.5 Å². The summed E-state index contributed by atoms with van der Waals surface area (Å²) in [4.78, 5) is 24.4. The Morgan fingerprint density at radius 1 is 0.964 bits per heavy atom. The first-order valence-electron chi connectivity index (χ1n) is 8.25. The van der Waals surface area contributed by atoms with Crippen LogP contribution in [0.4, 0.5) is 5.69 Å². The summed E-state index contributed by atoms with van der Waals surface area (Å²) in [6.07, 6.45) is 0.291. The number of nitriles is 1. The third-order valence-electron chi connectivity index (χ3n) is 3.78. The highest BCUT2D eigenvalue weighted by Gasteiger charge is 2.20. The molecule has 0 saturated heterocycles. The Hall–Kier alpha value is -3.73. The van der Waals surface area contributed by atoms with Crippen molar-refractivity contribution in [2.75, 3.05) is 33.3 Å². The lowest BCUT2D eigenvalue weighted by Crippen LogP contribution is -2.21. The van der Waals surface area contributed by atoms with Crippen LogP contribution >= 0.6 is 0 Å². The van der Waals surface area contributed by atoms with Crippen molar-refractivity contribution in [1.82, 2.24) is 0 Å². The van der Waals surface area contributed by atoms with Gasteiger partial charge in [-0.1, -0.05) is 12.1 Å². The van der Waals surface area contributed by atoms with Gasteiger partial charge in [0, 0.05) is 17.8 Å². The van der Waals surface area contributed by atoms with E-state index in [4.69, 9.17) is 24.2 Å². The predicted octanol–water partition coefficient (Wildman–Crippen LogP) is 2.57. The van der Waals surface area contributed by atoms with Crippen LogP contribution in [0.15, 0.2) is 36.4 Å². The van der Waals surface area contributed by atoms with Gasteiger partial charge in [-0.3, -0.25) is 4.79 Å². The quantitative estimate of drug-likeness (QED) is 0.697. The fraction of sp³-hybridized carbons (Fsp3) is 0.250. The summed E-state index contributed by atoms with van der Waals surface area (Å²) in [5.41, 5.74) is 1.48. The van der Waals surface area contributed by atoms with E-state index in [1.807, 2.05) is 6.07 Å². The molecule has 0 spiro atoms. The first kappa shape index (κ1) is 20.6. The van der Waals surface area contributed by atoms with Crippen LogP contribution in [0.1, 0.15) is 15.9 Å². The normalized spacial score (nSPS) is 9.79. The third kappa shape index (κ3) is 5.14. The molecular weight excluding hydrogens is 364 g/mol. The van der Waals surface area contributed by atoms with E-state index in [2.05, 4.69) is 5.32 Å². The van der Waals surface area contributed by atoms with Gasteiger partial charge in [-0.05, 0) is 17.7 Å². The molecule has 2 rings (SSSR count). The van der Waals surface area contributed by atoms with Gasteiger partial charge in [-0.25, -0.2) is 4.79 Å². The molecule has 0 aromatic heterocycles. The topological polar surface area (TPSA) is 107 Å². The average Bonchev–Trinajstić information content (AvgIpc) is 2.72. The van der Waals surface area contributed by atoms with Crippen molar-refractivity contribution in [2.24, 2.45) is 0 Å². The van der Waals surface area contributed by atoms with E-state index in [0.717, 1.165) is 5.56 Å². The van der Waals surface area contributed by atoms with Crippen molar-refractivity contribution in [3.05, 3.63) is 47.5 Å². The van der Waals surface area contributed by atoms with Gasteiger partial charge < -0.3 is 24.3 Å². The average molecular weight is 384 g/mol. The second kappa shape index (κ2) is 9.83. The second-order valence-corrected chi connectivity index (χ2v) is 5.56. The monoisotopic (exact) mass is 384 g/mol. The van der Waals surface area contributed by atoms with E-state index >= 15 is 0 Å². The Morgan fingerprint density at radius 2 is 1.57 bits per heavy atom. The number of hydrogen-bond acceptors (Lipinski definition) is 7. The molecule has 0 saturated carbocycles. The SMILES string of the molecule is COc1cc(OC)c(C(=O)OCC(=O)Nc2ccc(CC#N)cc2)cc1OC. The zero-order chi connectivity index (χ0) is 20.5. The highest BCUT2D eigenvalue weighted by atomic mass is 16.5. The van der Waals surface area contributed by atoms with Gasteiger partial charge in [-0.15, -0.1) is 0 Å². The number of carbonyl (C=O) groups is 2. The molecular formula is C20H20N2O6. The molecule has 2 aromatic carbocycles. The fourth-order valence-corrected chi connectivity index (χ4v) is 2.39. The first-order chi connectivity index (χ1) is 13.5. The maximum atomic E-state index is 12.4. The van der Waals surface area contributed by atoms with Crippen LogP contribution in [0.5, 0.6) is 17.2 Å². The smallest absolute Gasteiger partial charge is 0.342 e. The highest BCUT2D eigenvalue weighted by molar-refractivity contribution is 5.97. The molecule has 28 heavy (non-hydrogen) atoms. The zero-order valence-corrected chi connectivity index (χ0v) is 15.8. The maximum absolute atomic E-state index is 12.4. The third-order valence-corrected chi connectivity index (χ3v) is 3.78. The molecule has 0 fully saturated rings. The van der Waals surface area contributed by atoms with Gasteiger partial charge in [0.05, 0.1) is 33.8 Å². The minimum absolute atomic E-state index is 0.105. The number of amides is 1. The van der Waals surface area contributed by atoms with E-state index in [1.54, 1.807) is 24.3 Å². The van der Waals surface area contributed by atoms with E-state index in [1.165, 1.54) is 33.5 Å². The van der Waals surface area contributed by atoms with Gasteiger partial charge in [0.25, 0.3) is 5.91 Å². The zero-order valence-electron chi connectivity index (χ0n) is 15.8. The molecule has 0 bridgehead atoms. The van der Waals surface area contributed by atoms with Crippen molar-refractivity contribution < 1.29 is 28.5 Å². The summed E-state index contributed by atoms with van der Waals surface area (Å²) in [5, 5.41) is 11.3. The summed E-state index contributed by atoms with van der Waals surface area (Å²) >= 11 is 0. The van der Waals surface area contributed by atoms with Gasteiger partial charge in [-0.2, -0.15) is 5.26 Å². The molecule has 0 heterocycles. The lowest BCUT2D eigenvalue weighted by molar-refractivity contribution is -0.119. The molecule has 8 nitrogen and oxygen atoms in total. The molecule has 0 radical (unpaired) electrons. The Balaban J connectivity index is 2.01. The van der Waals surface area contributed by atoms with E-state index in [0.29, 0.717) is 23.6 Å². The van der Waals surface area contributed by atoms with Crippen molar-refractivity contribution in [3.63, 3.8) is 0 Å². The molecule has 146 valence electrons. The fourth-order valence-electron chi connectivity index (χ4n) is 2.39. The van der Waals surface area contributed by atoms with Crippen molar-refractivity contribution in [1.29, 1.82) is 5.26 Å². The van der Waals surface area contributed by atoms with Crippen LogP contribution in [0.3, 0.4) is 0 Å². The summed E-state index contributed by atoms with van der Waals surface area (Å²) in [7, 11) is 4.31. The largest absolute Gasteiger partial charge is 0.496 e. The summed E-state index contributed by atoms with van der Waals surface area (Å²) in [6, 6.07) is 11.8. The minimum Gasteiger partial charge on any atom is -0.496 e. The Morgan fingerprint density at radius 3 is 2.14 bits per heavy atom. The molecule has 0 aliphatic rings. The Kier molecular flexibility index (Phi) is 7.22. The number of carbonyl (C=O) groups excluding carboxylic acids is 2. The van der Waals surface area contributed by atoms with E-state index in [-0.39, 0.29) is 11.3 Å². The lowest BCUT2D eigenvalue weighted by atomic mass is 10.1. The molecule has 0 atom stereocenters. The summed E-state index contributed by atoms with van der Waals surface area (Å²) < 4.78 is 20.6. The molecule has 0 aliphatic heterocycles. The number of hydrogen-bond donors (Lipinski definition) is 1. The summed E-state index contributed by atoms with van der Waals surface area (Å²) in [6.45, 7) is -0.476. The van der Waals surface area contributed by atoms with Crippen LogP contribution in [0.2, 0.25) is 0 Å². The number of methoxy groups -OCH3 is 3. The van der Waals surface area contributed by atoms with Crippen LogP contribution in [-0.4, -0.2) is 39.8 Å². The standard InChI is InChI=1S/C20H20N2O6/c1-25-16-11-18(27-3)17(26-2)10-15(16)20(24)28-12-19(23)22-14-6-4-13(5-7-14)8-9-21/h4-7,10-11H,8,12H2,1-3H3,(H,22,23). The number of nitrogens with zero attached hydrogens (tertiary/aromatic N) is 1.